The fraction of sp³-hybridized carbons (Fsp3) is 0.500. The minimum absolute atomic E-state index is 0.0300. The lowest BCUT2D eigenvalue weighted by atomic mass is 9.95. The SMILES string of the molecule is CC1(C)COC(c2ccc(Cc3cccn3S(C)(=O)=O)[nH]2)OC1. The number of hydrogen-bond donors (Lipinski definition) is 1. The molecule has 2 aromatic heterocycles. The van der Waals surface area contributed by atoms with Crippen LogP contribution in [0.1, 0.15) is 37.2 Å². The molecule has 0 amide bonds. The Morgan fingerprint density at radius 2 is 1.96 bits per heavy atom. The Morgan fingerprint density at radius 1 is 1.26 bits per heavy atom. The molecule has 6 nitrogen and oxygen atoms in total. The predicted octanol–water partition coefficient (Wildman–Crippen LogP) is 2.29. The molecule has 0 radical (unpaired) electrons. The molecular formula is C16H22N2O4S. The lowest BCUT2D eigenvalue weighted by molar-refractivity contribution is -0.227. The summed E-state index contributed by atoms with van der Waals surface area (Å²) in [4.78, 5) is 3.27. The van der Waals surface area contributed by atoms with E-state index in [0.29, 0.717) is 25.3 Å². The van der Waals surface area contributed by atoms with Crippen LogP contribution in [0.25, 0.3) is 0 Å². The van der Waals surface area contributed by atoms with Crippen LogP contribution in [-0.2, 0) is 25.9 Å². The van der Waals surface area contributed by atoms with Crippen LogP contribution in [0.15, 0.2) is 30.5 Å². The van der Waals surface area contributed by atoms with Crippen molar-refractivity contribution in [1.29, 1.82) is 0 Å². The van der Waals surface area contributed by atoms with Crippen molar-refractivity contribution in [3.05, 3.63) is 47.5 Å². The summed E-state index contributed by atoms with van der Waals surface area (Å²) >= 11 is 0. The number of H-pyrrole nitrogens is 1. The Hall–Kier alpha value is -1.57. The number of ether oxygens (including phenoxy) is 2. The second kappa shape index (κ2) is 5.81. The van der Waals surface area contributed by atoms with Crippen LogP contribution in [0.2, 0.25) is 0 Å². The summed E-state index contributed by atoms with van der Waals surface area (Å²) in [5.41, 5.74) is 2.52. The van der Waals surface area contributed by atoms with Crippen molar-refractivity contribution in [3.63, 3.8) is 0 Å². The first-order valence-corrected chi connectivity index (χ1v) is 9.37. The molecule has 3 heterocycles. The Labute approximate surface area is 136 Å². The number of nitrogens with one attached hydrogen (secondary N) is 1. The lowest BCUT2D eigenvalue weighted by Gasteiger charge is -2.34. The van der Waals surface area contributed by atoms with E-state index in [1.165, 1.54) is 10.2 Å². The van der Waals surface area contributed by atoms with Gasteiger partial charge in [-0.05, 0) is 24.3 Å². The van der Waals surface area contributed by atoms with Crippen molar-refractivity contribution < 1.29 is 17.9 Å². The zero-order chi connectivity index (χ0) is 16.7. The minimum Gasteiger partial charge on any atom is -0.358 e. The molecule has 0 aromatic carbocycles. The zero-order valence-corrected chi connectivity index (χ0v) is 14.4. The highest BCUT2D eigenvalue weighted by Crippen LogP contribution is 2.30. The third-order valence-corrected chi connectivity index (χ3v) is 4.87. The summed E-state index contributed by atoms with van der Waals surface area (Å²) in [5, 5.41) is 0. The highest BCUT2D eigenvalue weighted by molar-refractivity contribution is 7.89. The molecule has 3 rings (SSSR count). The van der Waals surface area contributed by atoms with Gasteiger partial charge in [-0.15, -0.1) is 0 Å². The van der Waals surface area contributed by atoms with Crippen LogP contribution >= 0.6 is 0 Å². The Morgan fingerprint density at radius 3 is 2.61 bits per heavy atom. The number of rotatable bonds is 4. The largest absolute Gasteiger partial charge is 0.358 e. The van der Waals surface area contributed by atoms with E-state index in [2.05, 4.69) is 18.8 Å². The van der Waals surface area contributed by atoms with Crippen LogP contribution in [0, 0.1) is 5.41 Å². The van der Waals surface area contributed by atoms with Gasteiger partial charge in [-0.1, -0.05) is 13.8 Å². The van der Waals surface area contributed by atoms with Crippen LogP contribution in [0.5, 0.6) is 0 Å². The first-order chi connectivity index (χ1) is 10.7. The van der Waals surface area contributed by atoms with Crippen molar-refractivity contribution in [1.82, 2.24) is 8.96 Å². The van der Waals surface area contributed by atoms with Crippen LogP contribution in [0.4, 0.5) is 0 Å². The van der Waals surface area contributed by atoms with Crippen LogP contribution in [-0.4, -0.2) is 36.8 Å². The van der Waals surface area contributed by atoms with Crippen molar-refractivity contribution in [2.24, 2.45) is 5.41 Å². The smallest absolute Gasteiger partial charge is 0.235 e. The molecule has 0 aliphatic carbocycles. The van der Waals surface area contributed by atoms with E-state index < -0.39 is 16.3 Å². The molecule has 0 spiro atoms. The summed E-state index contributed by atoms with van der Waals surface area (Å²) in [6.07, 6.45) is 2.86. The monoisotopic (exact) mass is 338 g/mol. The first kappa shape index (κ1) is 16.3. The van der Waals surface area contributed by atoms with E-state index >= 15 is 0 Å². The van der Waals surface area contributed by atoms with Gasteiger partial charge >= 0.3 is 0 Å². The maximum Gasteiger partial charge on any atom is 0.235 e. The molecule has 1 fully saturated rings. The molecule has 1 saturated heterocycles. The van der Waals surface area contributed by atoms with E-state index in [1.807, 2.05) is 12.1 Å². The normalized spacial score (nSPS) is 19.1. The molecule has 1 N–H and O–H groups in total. The maximum absolute atomic E-state index is 11.7. The van der Waals surface area contributed by atoms with Gasteiger partial charge < -0.3 is 14.5 Å². The molecule has 1 aliphatic rings. The summed E-state index contributed by atoms with van der Waals surface area (Å²) < 4.78 is 36.3. The van der Waals surface area contributed by atoms with Crippen LogP contribution < -0.4 is 0 Å². The second-order valence-corrected chi connectivity index (χ2v) is 8.65. The van der Waals surface area contributed by atoms with E-state index in [1.54, 1.807) is 18.3 Å². The summed E-state index contributed by atoms with van der Waals surface area (Å²) in [5.74, 6) is 0. The predicted molar refractivity (Wildman–Crippen MR) is 86.7 cm³/mol. The number of aromatic nitrogens is 2. The van der Waals surface area contributed by atoms with Crippen molar-refractivity contribution in [3.8, 4) is 0 Å². The molecule has 0 saturated carbocycles. The quantitative estimate of drug-likeness (QED) is 0.928. The highest BCUT2D eigenvalue weighted by atomic mass is 32.2. The number of nitrogens with zero attached hydrogens (tertiary/aromatic N) is 1. The third-order valence-electron chi connectivity index (χ3n) is 3.80. The fourth-order valence-electron chi connectivity index (χ4n) is 2.63. The van der Waals surface area contributed by atoms with E-state index in [-0.39, 0.29) is 5.41 Å². The van der Waals surface area contributed by atoms with Gasteiger partial charge in [-0.25, -0.2) is 12.4 Å². The first-order valence-electron chi connectivity index (χ1n) is 7.52. The van der Waals surface area contributed by atoms with Crippen LogP contribution in [0.3, 0.4) is 0 Å². The van der Waals surface area contributed by atoms with Gasteiger partial charge in [0.2, 0.25) is 10.0 Å². The molecule has 0 atom stereocenters. The molecule has 2 aromatic rings. The summed E-state index contributed by atoms with van der Waals surface area (Å²) in [6, 6.07) is 7.39. The maximum atomic E-state index is 11.7. The highest BCUT2D eigenvalue weighted by Gasteiger charge is 2.29. The molecule has 126 valence electrons. The van der Waals surface area contributed by atoms with Gasteiger partial charge in [0.15, 0.2) is 6.29 Å². The Kier molecular flexibility index (Phi) is 4.12. The lowest BCUT2D eigenvalue weighted by Crippen LogP contribution is -2.33. The third kappa shape index (κ3) is 3.68. The number of hydrogen-bond acceptors (Lipinski definition) is 4. The van der Waals surface area contributed by atoms with Gasteiger partial charge in [0.1, 0.15) is 0 Å². The zero-order valence-electron chi connectivity index (χ0n) is 13.6. The van der Waals surface area contributed by atoms with E-state index in [4.69, 9.17) is 9.47 Å². The number of aromatic amines is 1. The van der Waals surface area contributed by atoms with Gasteiger partial charge in [-0.2, -0.15) is 0 Å². The summed E-state index contributed by atoms with van der Waals surface area (Å²) in [6.45, 7) is 5.48. The van der Waals surface area contributed by atoms with Crippen molar-refractivity contribution >= 4 is 10.0 Å². The Bertz CT molecular complexity index is 779. The molecule has 0 unspecified atom stereocenters. The molecule has 23 heavy (non-hydrogen) atoms. The molecule has 1 aliphatic heterocycles. The fourth-order valence-corrected chi connectivity index (χ4v) is 3.47. The molecule has 0 bridgehead atoms. The van der Waals surface area contributed by atoms with E-state index in [0.717, 1.165) is 11.4 Å². The standard InChI is InChI=1S/C16H22N2O4S/c1-16(2)10-21-15(22-11-16)14-7-6-12(17-14)9-13-5-4-8-18(13)23(3,19)20/h4-8,15,17H,9-11H2,1-3H3. The Balaban J connectivity index is 1.73. The molecule has 7 heteroatoms. The topological polar surface area (TPSA) is 73.3 Å². The average molecular weight is 338 g/mol. The van der Waals surface area contributed by atoms with Gasteiger partial charge in [-0.3, -0.25) is 0 Å². The second-order valence-electron chi connectivity index (χ2n) is 6.79. The molecular weight excluding hydrogens is 316 g/mol. The van der Waals surface area contributed by atoms with Crippen molar-refractivity contribution in [2.45, 2.75) is 26.6 Å². The van der Waals surface area contributed by atoms with E-state index in [9.17, 15) is 8.42 Å². The van der Waals surface area contributed by atoms with Gasteiger partial charge in [0.05, 0.1) is 25.2 Å². The van der Waals surface area contributed by atoms with Gasteiger partial charge in [0.25, 0.3) is 0 Å². The van der Waals surface area contributed by atoms with Gasteiger partial charge in [0, 0.05) is 29.4 Å². The minimum atomic E-state index is -3.28. The summed E-state index contributed by atoms with van der Waals surface area (Å²) in [7, 11) is -3.28. The average Bonchev–Trinajstić information content (AvgIpc) is 3.08. The van der Waals surface area contributed by atoms with Crippen molar-refractivity contribution in [2.75, 3.05) is 19.5 Å².